The Balaban J connectivity index is 2.48. The zero-order valence-corrected chi connectivity index (χ0v) is 11.1. The van der Waals surface area contributed by atoms with Gasteiger partial charge in [-0.15, -0.1) is 0 Å². The molecule has 2 rings (SSSR count). The molecule has 4 heteroatoms. The van der Waals surface area contributed by atoms with Crippen molar-refractivity contribution in [3.05, 3.63) is 58.4 Å². The van der Waals surface area contributed by atoms with Gasteiger partial charge >= 0.3 is 0 Å². The van der Waals surface area contributed by atoms with Crippen LogP contribution in [0.15, 0.2) is 36.5 Å². The normalized spacial score (nSPS) is 12.2. The van der Waals surface area contributed by atoms with Gasteiger partial charge in [-0.2, -0.15) is 0 Å². The fraction of sp³-hybridized carbons (Fsp3) is 0.214. The van der Waals surface area contributed by atoms with Crippen molar-refractivity contribution in [2.75, 3.05) is 7.11 Å². The molecular weight excluding hydrogens is 248 g/mol. The topological polar surface area (TPSA) is 48.1 Å². The summed E-state index contributed by atoms with van der Waals surface area (Å²) in [5.41, 5.74) is 9.03. The summed E-state index contributed by atoms with van der Waals surface area (Å²) in [6.07, 6.45) is 1.75. The summed E-state index contributed by atoms with van der Waals surface area (Å²) >= 11 is 6.02. The molecule has 0 radical (unpaired) electrons. The van der Waals surface area contributed by atoms with Crippen molar-refractivity contribution in [2.24, 2.45) is 5.73 Å². The SMILES string of the molecule is COc1ccc(Cl)cc1C(N)c1cccnc1C. The minimum atomic E-state index is -0.299. The fourth-order valence-corrected chi connectivity index (χ4v) is 2.12. The predicted molar refractivity (Wildman–Crippen MR) is 73.0 cm³/mol. The number of pyridine rings is 1. The van der Waals surface area contributed by atoms with Gasteiger partial charge in [-0.05, 0) is 36.8 Å². The fourth-order valence-electron chi connectivity index (χ4n) is 1.94. The van der Waals surface area contributed by atoms with E-state index >= 15 is 0 Å². The van der Waals surface area contributed by atoms with Crippen molar-refractivity contribution in [2.45, 2.75) is 13.0 Å². The Morgan fingerprint density at radius 2 is 2.06 bits per heavy atom. The van der Waals surface area contributed by atoms with E-state index in [0.29, 0.717) is 5.02 Å². The van der Waals surface area contributed by atoms with E-state index in [4.69, 9.17) is 22.1 Å². The van der Waals surface area contributed by atoms with Crippen molar-refractivity contribution in [1.82, 2.24) is 4.98 Å². The van der Waals surface area contributed by atoms with Crippen LogP contribution in [0, 0.1) is 6.92 Å². The number of hydrogen-bond donors (Lipinski definition) is 1. The van der Waals surface area contributed by atoms with E-state index in [1.165, 1.54) is 0 Å². The Labute approximate surface area is 112 Å². The molecule has 0 aliphatic rings. The molecule has 0 saturated heterocycles. The third kappa shape index (κ3) is 2.47. The van der Waals surface area contributed by atoms with Crippen molar-refractivity contribution < 1.29 is 4.74 Å². The van der Waals surface area contributed by atoms with Crippen molar-refractivity contribution in [3.63, 3.8) is 0 Å². The average molecular weight is 263 g/mol. The first-order valence-corrected chi connectivity index (χ1v) is 6.02. The molecule has 18 heavy (non-hydrogen) atoms. The minimum Gasteiger partial charge on any atom is -0.496 e. The van der Waals surface area contributed by atoms with E-state index in [0.717, 1.165) is 22.6 Å². The Bertz CT molecular complexity index is 557. The third-order valence-corrected chi connectivity index (χ3v) is 3.14. The van der Waals surface area contributed by atoms with Gasteiger partial charge in [-0.3, -0.25) is 4.98 Å². The number of hydrogen-bond acceptors (Lipinski definition) is 3. The molecule has 3 nitrogen and oxygen atoms in total. The highest BCUT2D eigenvalue weighted by atomic mass is 35.5. The van der Waals surface area contributed by atoms with E-state index in [2.05, 4.69) is 4.98 Å². The van der Waals surface area contributed by atoms with Gasteiger partial charge in [0.2, 0.25) is 0 Å². The minimum absolute atomic E-state index is 0.299. The molecule has 1 aromatic heterocycles. The van der Waals surface area contributed by atoms with Crippen LogP contribution in [0.2, 0.25) is 5.02 Å². The monoisotopic (exact) mass is 262 g/mol. The second kappa shape index (κ2) is 5.38. The molecule has 0 bridgehead atoms. The van der Waals surface area contributed by atoms with Gasteiger partial charge < -0.3 is 10.5 Å². The number of nitrogens with zero attached hydrogens (tertiary/aromatic N) is 1. The van der Waals surface area contributed by atoms with E-state index in [9.17, 15) is 0 Å². The van der Waals surface area contributed by atoms with Gasteiger partial charge in [-0.1, -0.05) is 17.7 Å². The maximum atomic E-state index is 6.28. The molecule has 2 aromatic rings. The molecular formula is C14H15ClN2O. The summed E-state index contributed by atoms with van der Waals surface area (Å²) in [5.74, 6) is 0.732. The predicted octanol–water partition coefficient (Wildman–Crippen LogP) is 3.10. The van der Waals surface area contributed by atoms with E-state index in [1.54, 1.807) is 19.4 Å². The highest BCUT2D eigenvalue weighted by Gasteiger charge is 2.16. The van der Waals surface area contributed by atoms with Gasteiger partial charge in [0.05, 0.1) is 13.2 Å². The summed E-state index contributed by atoms with van der Waals surface area (Å²) in [4.78, 5) is 4.25. The van der Waals surface area contributed by atoms with Crippen LogP contribution in [0.5, 0.6) is 5.75 Å². The summed E-state index contributed by atoms with van der Waals surface area (Å²) in [6, 6.07) is 8.98. The van der Waals surface area contributed by atoms with E-state index in [1.807, 2.05) is 31.2 Å². The molecule has 0 saturated carbocycles. The highest BCUT2D eigenvalue weighted by molar-refractivity contribution is 6.30. The molecule has 0 aliphatic carbocycles. The summed E-state index contributed by atoms with van der Waals surface area (Å²) < 4.78 is 5.32. The number of nitrogens with two attached hydrogens (primary N) is 1. The average Bonchev–Trinajstić information content (AvgIpc) is 2.38. The largest absolute Gasteiger partial charge is 0.496 e. The first kappa shape index (κ1) is 12.9. The first-order valence-electron chi connectivity index (χ1n) is 5.64. The molecule has 1 aromatic carbocycles. The molecule has 94 valence electrons. The summed E-state index contributed by atoms with van der Waals surface area (Å²) in [7, 11) is 1.62. The molecule has 0 fully saturated rings. The van der Waals surface area contributed by atoms with Gasteiger partial charge in [0.15, 0.2) is 0 Å². The van der Waals surface area contributed by atoms with Crippen molar-refractivity contribution >= 4 is 11.6 Å². The van der Waals surface area contributed by atoms with Crippen molar-refractivity contribution in [1.29, 1.82) is 0 Å². The van der Waals surface area contributed by atoms with Crippen LogP contribution in [0.25, 0.3) is 0 Å². The van der Waals surface area contributed by atoms with Gasteiger partial charge in [0.25, 0.3) is 0 Å². The Kier molecular flexibility index (Phi) is 3.84. The quantitative estimate of drug-likeness (QED) is 0.925. The highest BCUT2D eigenvalue weighted by Crippen LogP contribution is 2.31. The maximum Gasteiger partial charge on any atom is 0.124 e. The molecule has 0 aliphatic heterocycles. The van der Waals surface area contributed by atoms with Crippen LogP contribution < -0.4 is 10.5 Å². The lowest BCUT2D eigenvalue weighted by Gasteiger charge is -2.17. The van der Waals surface area contributed by atoms with Crippen LogP contribution >= 0.6 is 11.6 Å². The van der Waals surface area contributed by atoms with Crippen molar-refractivity contribution in [3.8, 4) is 5.75 Å². The van der Waals surface area contributed by atoms with Crippen LogP contribution in [0.1, 0.15) is 22.9 Å². The van der Waals surface area contributed by atoms with Gasteiger partial charge in [0.1, 0.15) is 5.75 Å². The molecule has 1 heterocycles. The van der Waals surface area contributed by atoms with Crippen LogP contribution in [0.4, 0.5) is 0 Å². The molecule has 1 unspecified atom stereocenters. The zero-order valence-electron chi connectivity index (χ0n) is 10.4. The number of aryl methyl sites for hydroxylation is 1. The number of halogens is 1. The number of ether oxygens (including phenoxy) is 1. The molecule has 1 atom stereocenters. The number of methoxy groups -OCH3 is 1. The second-order valence-corrected chi connectivity index (χ2v) is 4.48. The zero-order chi connectivity index (χ0) is 13.1. The number of benzene rings is 1. The molecule has 2 N–H and O–H groups in total. The standard InChI is InChI=1S/C14H15ClN2O/c1-9-11(4-3-7-17-9)14(16)12-8-10(15)5-6-13(12)18-2/h3-8,14H,16H2,1-2H3. The molecule has 0 spiro atoms. The number of rotatable bonds is 3. The Hall–Kier alpha value is -1.58. The van der Waals surface area contributed by atoms with E-state index in [-0.39, 0.29) is 6.04 Å². The number of aromatic nitrogens is 1. The maximum absolute atomic E-state index is 6.28. The van der Waals surface area contributed by atoms with Crippen LogP contribution in [0.3, 0.4) is 0 Å². The van der Waals surface area contributed by atoms with Crippen LogP contribution in [-0.2, 0) is 0 Å². The summed E-state index contributed by atoms with van der Waals surface area (Å²) in [6.45, 7) is 1.94. The second-order valence-electron chi connectivity index (χ2n) is 4.04. The smallest absolute Gasteiger partial charge is 0.124 e. The molecule has 0 amide bonds. The lowest BCUT2D eigenvalue weighted by molar-refractivity contribution is 0.408. The third-order valence-electron chi connectivity index (χ3n) is 2.91. The lowest BCUT2D eigenvalue weighted by Crippen LogP contribution is -2.15. The Morgan fingerprint density at radius 3 is 2.72 bits per heavy atom. The van der Waals surface area contributed by atoms with Crippen LogP contribution in [-0.4, -0.2) is 12.1 Å². The lowest BCUT2D eigenvalue weighted by atomic mass is 9.98. The van der Waals surface area contributed by atoms with Gasteiger partial charge in [-0.25, -0.2) is 0 Å². The Morgan fingerprint density at radius 1 is 1.28 bits per heavy atom. The summed E-state index contributed by atoms with van der Waals surface area (Å²) in [5, 5.41) is 0.641. The first-order chi connectivity index (χ1) is 8.63. The van der Waals surface area contributed by atoms with Gasteiger partial charge in [0, 0.05) is 22.5 Å². The van der Waals surface area contributed by atoms with E-state index < -0.39 is 0 Å².